The molecule has 2 aromatic rings. The SMILES string of the molecule is CNC(c1ccc(Br)c(Br)c1)c1nc(C)c(C)s1. The topological polar surface area (TPSA) is 24.9 Å². The Morgan fingerprint density at radius 1 is 1.22 bits per heavy atom. The molecule has 0 amide bonds. The van der Waals surface area contributed by atoms with Gasteiger partial charge in [-0.05, 0) is 70.5 Å². The van der Waals surface area contributed by atoms with Gasteiger partial charge in [0.15, 0.2) is 0 Å². The first-order chi connectivity index (χ1) is 8.52. The van der Waals surface area contributed by atoms with Crippen molar-refractivity contribution in [2.24, 2.45) is 0 Å². The van der Waals surface area contributed by atoms with Gasteiger partial charge in [-0.15, -0.1) is 11.3 Å². The summed E-state index contributed by atoms with van der Waals surface area (Å²) in [5.41, 5.74) is 2.33. The minimum Gasteiger partial charge on any atom is -0.307 e. The van der Waals surface area contributed by atoms with Crippen molar-refractivity contribution in [3.05, 3.63) is 48.3 Å². The standard InChI is InChI=1S/C13H14Br2N2S/c1-7-8(2)18-13(17-7)12(16-3)9-4-5-10(14)11(15)6-9/h4-6,12,16H,1-3H3. The fourth-order valence-electron chi connectivity index (χ4n) is 1.75. The summed E-state index contributed by atoms with van der Waals surface area (Å²) < 4.78 is 2.12. The molecule has 0 fully saturated rings. The van der Waals surface area contributed by atoms with E-state index in [1.165, 1.54) is 10.4 Å². The highest BCUT2D eigenvalue weighted by atomic mass is 79.9. The highest BCUT2D eigenvalue weighted by Crippen LogP contribution is 2.31. The number of rotatable bonds is 3. The molecule has 2 rings (SSSR count). The van der Waals surface area contributed by atoms with Gasteiger partial charge in [-0.3, -0.25) is 0 Å². The van der Waals surface area contributed by atoms with Crippen LogP contribution in [0.4, 0.5) is 0 Å². The van der Waals surface area contributed by atoms with Gasteiger partial charge >= 0.3 is 0 Å². The molecule has 0 saturated heterocycles. The number of nitrogens with one attached hydrogen (secondary N) is 1. The molecule has 2 nitrogen and oxygen atoms in total. The summed E-state index contributed by atoms with van der Waals surface area (Å²) in [6.45, 7) is 4.17. The molecule has 1 atom stereocenters. The zero-order valence-electron chi connectivity index (χ0n) is 10.4. The summed E-state index contributed by atoms with van der Waals surface area (Å²) >= 11 is 8.79. The van der Waals surface area contributed by atoms with Crippen LogP contribution in [0, 0.1) is 13.8 Å². The van der Waals surface area contributed by atoms with Gasteiger partial charge in [-0.1, -0.05) is 6.07 Å². The lowest BCUT2D eigenvalue weighted by Gasteiger charge is -2.14. The maximum Gasteiger partial charge on any atom is 0.115 e. The molecule has 0 saturated carbocycles. The number of aromatic nitrogens is 1. The van der Waals surface area contributed by atoms with Crippen LogP contribution in [0.15, 0.2) is 27.1 Å². The van der Waals surface area contributed by atoms with Crippen molar-refractivity contribution in [2.45, 2.75) is 19.9 Å². The van der Waals surface area contributed by atoms with E-state index < -0.39 is 0 Å². The van der Waals surface area contributed by atoms with Gasteiger partial charge in [0.2, 0.25) is 0 Å². The van der Waals surface area contributed by atoms with E-state index in [0.717, 1.165) is 19.6 Å². The molecule has 0 aliphatic carbocycles. The predicted molar refractivity (Wildman–Crippen MR) is 84.3 cm³/mol. The molecule has 1 heterocycles. The third kappa shape index (κ3) is 2.85. The molecular weight excluding hydrogens is 376 g/mol. The van der Waals surface area contributed by atoms with Gasteiger partial charge in [0, 0.05) is 13.8 Å². The first kappa shape index (κ1) is 14.2. The number of nitrogens with zero attached hydrogens (tertiary/aromatic N) is 1. The summed E-state index contributed by atoms with van der Waals surface area (Å²) in [5, 5.41) is 4.45. The first-order valence-electron chi connectivity index (χ1n) is 5.59. The second-order valence-corrected chi connectivity index (χ2v) is 7.03. The number of benzene rings is 1. The lowest BCUT2D eigenvalue weighted by molar-refractivity contribution is 0.684. The van der Waals surface area contributed by atoms with Crippen molar-refractivity contribution in [1.29, 1.82) is 0 Å². The Bertz CT molecular complexity index is 547. The van der Waals surface area contributed by atoms with Gasteiger partial charge in [0.25, 0.3) is 0 Å². The maximum absolute atomic E-state index is 4.64. The van der Waals surface area contributed by atoms with Crippen LogP contribution in [0.3, 0.4) is 0 Å². The van der Waals surface area contributed by atoms with Crippen LogP contribution in [0.2, 0.25) is 0 Å². The molecule has 0 aliphatic rings. The summed E-state index contributed by atoms with van der Waals surface area (Å²) in [4.78, 5) is 5.92. The molecule has 0 radical (unpaired) electrons. The Morgan fingerprint density at radius 2 is 1.94 bits per heavy atom. The number of thiazole rings is 1. The van der Waals surface area contributed by atoms with E-state index in [1.807, 2.05) is 7.05 Å². The summed E-state index contributed by atoms with van der Waals surface area (Å²) in [7, 11) is 1.96. The average Bonchev–Trinajstić information content (AvgIpc) is 2.65. The molecular formula is C13H14Br2N2S. The van der Waals surface area contributed by atoms with Gasteiger partial charge < -0.3 is 5.32 Å². The second kappa shape index (κ2) is 5.82. The van der Waals surface area contributed by atoms with Gasteiger partial charge in [0.05, 0.1) is 11.7 Å². The van der Waals surface area contributed by atoms with Crippen LogP contribution in [-0.2, 0) is 0 Å². The number of hydrogen-bond donors (Lipinski definition) is 1. The van der Waals surface area contributed by atoms with E-state index in [9.17, 15) is 0 Å². The maximum atomic E-state index is 4.64. The first-order valence-corrected chi connectivity index (χ1v) is 7.99. The van der Waals surface area contributed by atoms with E-state index in [1.54, 1.807) is 11.3 Å². The van der Waals surface area contributed by atoms with Crippen molar-refractivity contribution in [3.63, 3.8) is 0 Å². The third-order valence-electron chi connectivity index (χ3n) is 2.86. The van der Waals surface area contributed by atoms with Crippen LogP contribution in [0.1, 0.15) is 27.2 Å². The lowest BCUT2D eigenvalue weighted by Crippen LogP contribution is -2.17. The van der Waals surface area contributed by atoms with Crippen molar-refractivity contribution in [2.75, 3.05) is 7.05 Å². The Kier molecular flexibility index (Phi) is 4.59. The number of aryl methyl sites for hydroxylation is 2. The molecule has 1 aromatic carbocycles. The molecule has 18 heavy (non-hydrogen) atoms. The van der Waals surface area contributed by atoms with E-state index in [2.05, 4.69) is 74.2 Å². The largest absolute Gasteiger partial charge is 0.307 e. The quantitative estimate of drug-likeness (QED) is 0.829. The molecule has 5 heteroatoms. The molecule has 96 valence electrons. The smallest absolute Gasteiger partial charge is 0.115 e. The van der Waals surface area contributed by atoms with Crippen LogP contribution in [0.5, 0.6) is 0 Å². The molecule has 1 unspecified atom stereocenters. The Hall–Kier alpha value is -0.230. The molecule has 1 aromatic heterocycles. The van der Waals surface area contributed by atoms with E-state index in [0.29, 0.717) is 0 Å². The van der Waals surface area contributed by atoms with E-state index in [4.69, 9.17) is 0 Å². The Morgan fingerprint density at radius 3 is 2.44 bits per heavy atom. The molecule has 0 aliphatic heterocycles. The minimum absolute atomic E-state index is 0.145. The Balaban J connectivity index is 2.41. The van der Waals surface area contributed by atoms with E-state index in [-0.39, 0.29) is 6.04 Å². The van der Waals surface area contributed by atoms with Gasteiger partial charge in [-0.2, -0.15) is 0 Å². The number of halogens is 2. The lowest BCUT2D eigenvalue weighted by atomic mass is 10.1. The molecule has 0 bridgehead atoms. The minimum atomic E-state index is 0.145. The fraction of sp³-hybridized carbons (Fsp3) is 0.308. The van der Waals surface area contributed by atoms with Crippen molar-refractivity contribution in [1.82, 2.24) is 10.3 Å². The highest BCUT2D eigenvalue weighted by molar-refractivity contribution is 9.13. The normalized spacial score (nSPS) is 12.7. The summed E-state index contributed by atoms with van der Waals surface area (Å²) in [6.07, 6.45) is 0. The monoisotopic (exact) mass is 388 g/mol. The van der Waals surface area contributed by atoms with E-state index >= 15 is 0 Å². The van der Waals surface area contributed by atoms with Crippen molar-refractivity contribution >= 4 is 43.2 Å². The Labute approximate surface area is 128 Å². The van der Waals surface area contributed by atoms with Gasteiger partial charge in [-0.25, -0.2) is 4.98 Å². The van der Waals surface area contributed by atoms with Crippen molar-refractivity contribution < 1.29 is 0 Å². The van der Waals surface area contributed by atoms with Crippen LogP contribution in [-0.4, -0.2) is 12.0 Å². The number of hydrogen-bond acceptors (Lipinski definition) is 3. The average molecular weight is 390 g/mol. The molecule has 0 spiro atoms. The molecule has 1 N–H and O–H groups in total. The summed E-state index contributed by atoms with van der Waals surface area (Å²) in [5.74, 6) is 0. The third-order valence-corrected chi connectivity index (χ3v) is 5.88. The second-order valence-electron chi connectivity index (χ2n) is 4.09. The summed E-state index contributed by atoms with van der Waals surface area (Å²) in [6, 6.07) is 6.43. The van der Waals surface area contributed by atoms with Crippen molar-refractivity contribution in [3.8, 4) is 0 Å². The van der Waals surface area contributed by atoms with Crippen LogP contribution < -0.4 is 5.32 Å². The zero-order chi connectivity index (χ0) is 13.3. The van der Waals surface area contributed by atoms with Gasteiger partial charge in [0.1, 0.15) is 5.01 Å². The van der Waals surface area contributed by atoms with Crippen LogP contribution >= 0.6 is 43.2 Å². The van der Waals surface area contributed by atoms with Crippen LogP contribution in [0.25, 0.3) is 0 Å². The fourth-order valence-corrected chi connectivity index (χ4v) is 3.45. The highest BCUT2D eigenvalue weighted by Gasteiger charge is 2.17. The predicted octanol–water partition coefficient (Wildman–Crippen LogP) is 4.59. The zero-order valence-corrected chi connectivity index (χ0v) is 14.4.